The zero-order valence-electron chi connectivity index (χ0n) is 22.4. The van der Waals surface area contributed by atoms with Gasteiger partial charge in [-0.2, -0.15) is 0 Å². The van der Waals surface area contributed by atoms with Crippen LogP contribution in [0.2, 0.25) is 0 Å². The molecule has 0 spiro atoms. The van der Waals surface area contributed by atoms with Crippen LogP contribution in [0.3, 0.4) is 0 Å². The van der Waals surface area contributed by atoms with Crippen molar-refractivity contribution in [2.24, 2.45) is 11.8 Å². The van der Waals surface area contributed by atoms with E-state index in [0.29, 0.717) is 12.4 Å². The van der Waals surface area contributed by atoms with E-state index in [-0.39, 0.29) is 43.8 Å². The average molecular weight is 540 g/mol. The maximum Gasteiger partial charge on any atom is 0.410 e. The van der Waals surface area contributed by atoms with E-state index in [1.807, 2.05) is 39.0 Å². The summed E-state index contributed by atoms with van der Waals surface area (Å²) in [6.45, 7) is 9.42. The molecule has 1 amide bonds. The quantitative estimate of drug-likeness (QED) is 0.226. The summed E-state index contributed by atoms with van der Waals surface area (Å²) >= 11 is 1.70. The van der Waals surface area contributed by atoms with E-state index in [9.17, 15) is 24.6 Å². The van der Waals surface area contributed by atoms with Crippen molar-refractivity contribution in [3.63, 3.8) is 0 Å². The summed E-state index contributed by atoms with van der Waals surface area (Å²) in [5.41, 5.74) is -0.648. The molecule has 1 saturated heterocycles. The molecular weight excluding hydrogens is 498 g/mol. The summed E-state index contributed by atoms with van der Waals surface area (Å²) in [5, 5.41) is 21.2. The number of thioether (sulfide) groups is 1. The normalized spacial score (nSPS) is 31.7. The Bertz CT molecular complexity index is 878. The molecule has 0 radical (unpaired) electrons. The topological polar surface area (TPSA) is 123 Å². The van der Waals surface area contributed by atoms with Crippen LogP contribution < -0.4 is 0 Å². The number of hydrogen-bond donors (Lipinski definition) is 2. The van der Waals surface area contributed by atoms with E-state index >= 15 is 0 Å². The van der Waals surface area contributed by atoms with Crippen molar-refractivity contribution in [3.8, 4) is 0 Å². The Hall–Kier alpha value is -2.30. The molecule has 9 nitrogen and oxygen atoms in total. The Labute approximate surface area is 223 Å². The molecule has 0 unspecified atom stereocenters. The number of aliphatic hydroxyl groups is 2. The van der Waals surface area contributed by atoms with Crippen LogP contribution in [-0.4, -0.2) is 81.8 Å². The standard InChI is InChI=1S/C27H41NO8S/c1-18(16-34-26(32)28-13-14-37-17-28)7-6-8-19(2)25-20(3)9-10-23(35-21(4)29)27(5,33)12-11-22(30)15-24(31)36-25/h6-10,18,20,22-23,25,30,33H,11-17H2,1-5H3/b7-6+,10-9+,19-8+/t18-,20+,22-,23+,25-,27-/m1/s1. The number of aliphatic hydroxyl groups excluding tert-OH is 1. The molecule has 37 heavy (non-hydrogen) atoms. The van der Waals surface area contributed by atoms with E-state index < -0.39 is 35.9 Å². The van der Waals surface area contributed by atoms with Crippen LogP contribution in [0, 0.1) is 11.8 Å². The van der Waals surface area contributed by atoms with E-state index in [4.69, 9.17) is 14.2 Å². The Balaban J connectivity index is 2.12. The monoisotopic (exact) mass is 539 g/mol. The van der Waals surface area contributed by atoms with Gasteiger partial charge in [-0.05, 0) is 38.3 Å². The van der Waals surface area contributed by atoms with Crippen LogP contribution in [0.15, 0.2) is 36.0 Å². The molecule has 0 aromatic carbocycles. The SMILES string of the molecule is CC(=O)O[C@H]1/C=C/[C@H](C)[C@@H](/C(C)=C/C=C/[C@@H](C)COC(=O)N2CCSC2)OC(=O)C[C@H](O)CC[C@@]1(C)O. The van der Waals surface area contributed by atoms with Crippen molar-refractivity contribution >= 4 is 29.8 Å². The number of hydrogen-bond acceptors (Lipinski definition) is 9. The molecule has 208 valence electrons. The number of rotatable bonds is 6. The smallest absolute Gasteiger partial charge is 0.410 e. The summed E-state index contributed by atoms with van der Waals surface area (Å²) in [6, 6.07) is 0. The number of esters is 2. The lowest BCUT2D eigenvalue weighted by Crippen LogP contribution is -2.42. The van der Waals surface area contributed by atoms with Gasteiger partial charge in [-0.3, -0.25) is 14.5 Å². The van der Waals surface area contributed by atoms with Crippen LogP contribution in [-0.2, 0) is 23.8 Å². The van der Waals surface area contributed by atoms with Gasteiger partial charge in [0, 0.05) is 31.1 Å². The van der Waals surface area contributed by atoms with E-state index in [1.54, 1.807) is 35.7 Å². The van der Waals surface area contributed by atoms with Gasteiger partial charge in [0.05, 0.1) is 25.0 Å². The first-order chi connectivity index (χ1) is 17.4. The van der Waals surface area contributed by atoms with Crippen molar-refractivity contribution in [1.82, 2.24) is 4.90 Å². The second kappa shape index (κ2) is 14.6. The number of carbonyl (C=O) groups is 3. The summed E-state index contributed by atoms with van der Waals surface area (Å²) in [4.78, 5) is 37.9. The van der Waals surface area contributed by atoms with Crippen molar-refractivity contribution in [2.45, 2.75) is 77.8 Å². The second-order valence-corrected chi connectivity index (χ2v) is 11.2. The second-order valence-electron chi connectivity index (χ2n) is 10.1. The lowest BCUT2D eigenvalue weighted by atomic mass is 9.88. The third-order valence-electron chi connectivity index (χ3n) is 6.35. The number of nitrogens with zero attached hydrogens (tertiary/aromatic N) is 1. The fraction of sp³-hybridized carbons (Fsp3) is 0.667. The summed E-state index contributed by atoms with van der Waals surface area (Å²) in [5.74, 6) is 0.201. The molecule has 2 N–H and O–H groups in total. The molecule has 2 aliphatic heterocycles. The average Bonchev–Trinajstić information content (AvgIpc) is 3.36. The minimum Gasteiger partial charge on any atom is -0.457 e. The van der Waals surface area contributed by atoms with Gasteiger partial charge in [-0.15, -0.1) is 11.8 Å². The number of amides is 1. The zero-order chi connectivity index (χ0) is 27.6. The lowest BCUT2D eigenvalue weighted by molar-refractivity contribution is -0.157. The molecule has 10 heteroatoms. The minimum atomic E-state index is -1.41. The minimum absolute atomic E-state index is 0.0127. The highest BCUT2D eigenvalue weighted by molar-refractivity contribution is 7.99. The van der Waals surface area contributed by atoms with Crippen LogP contribution in [0.25, 0.3) is 0 Å². The largest absolute Gasteiger partial charge is 0.457 e. The van der Waals surface area contributed by atoms with E-state index in [2.05, 4.69) is 0 Å². The highest BCUT2D eigenvalue weighted by atomic mass is 32.2. The Morgan fingerprint density at radius 2 is 2.08 bits per heavy atom. The fourth-order valence-electron chi connectivity index (χ4n) is 4.03. The first kappa shape index (κ1) is 30.9. The van der Waals surface area contributed by atoms with Gasteiger partial charge < -0.3 is 24.4 Å². The molecule has 6 atom stereocenters. The number of ether oxygens (including phenoxy) is 3. The van der Waals surface area contributed by atoms with Crippen molar-refractivity contribution < 1.29 is 38.8 Å². The van der Waals surface area contributed by atoms with Gasteiger partial charge in [-0.25, -0.2) is 4.79 Å². The maximum absolute atomic E-state index is 12.5. The Morgan fingerprint density at radius 1 is 1.35 bits per heavy atom. The third kappa shape index (κ3) is 10.5. The predicted octanol–water partition coefficient (Wildman–Crippen LogP) is 3.60. The molecule has 0 bridgehead atoms. The fourth-order valence-corrected chi connectivity index (χ4v) is 4.96. The maximum atomic E-state index is 12.5. The molecule has 0 aromatic rings. The number of allylic oxidation sites excluding steroid dienone is 2. The molecule has 2 rings (SSSR count). The molecule has 2 heterocycles. The zero-order valence-corrected chi connectivity index (χ0v) is 23.2. The van der Waals surface area contributed by atoms with Gasteiger partial charge in [0.15, 0.2) is 0 Å². The molecular formula is C27H41NO8S. The molecule has 2 aliphatic rings. The van der Waals surface area contributed by atoms with Crippen molar-refractivity contribution in [3.05, 3.63) is 36.0 Å². The van der Waals surface area contributed by atoms with E-state index in [1.165, 1.54) is 6.92 Å². The van der Waals surface area contributed by atoms with Crippen molar-refractivity contribution in [2.75, 3.05) is 24.8 Å². The molecule has 0 saturated carbocycles. The third-order valence-corrected chi connectivity index (χ3v) is 7.31. The molecule has 0 aromatic heterocycles. The Kier molecular flexibility index (Phi) is 12.2. The number of carbonyl (C=O) groups excluding carboxylic acids is 3. The van der Waals surface area contributed by atoms with Crippen LogP contribution in [0.1, 0.15) is 53.9 Å². The molecule has 1 fully saturated rings. The summed E-state index contributed by atoms with van der Waals surface area (Å²) in [7, 11) is 0. The summed E-state index contributed by atoms with van der Waals surface area (Å²) < 4.78 is 16.5. The van der Waals surface area contributed by atoms with Gasteiger partial charge in [-0.1, -0.05) is 38.2 Å². The van der Waals surface area contributed by atoms with Crippen molar-refractivity contribution in [1.29, 1.82) is 0 Å². The van der Waals surface area contributed by atoms with E-state index in [0.717, 1.165) is 11.3 Å². The summed E-state index contributed by atoms with van der Waals surface area (Å²) in [6.07, 6.45) is 6.17. The first-order valence-corrected chi connectivity index (χ1v) is 13.8. The highest BCUT2D eigenvalue weighted by Crippen LogP contribution is 2.27. The highest BCUT2D eigenvalue weighted by Gasteiger charge is 2.35. The van der Waals surface area contributed by atoms with Crippen LogP contribution in [0.4, 0.5) is 4.79 Å². The van der Waals surface area contributed by atoms with Crippen LogP contribution >= 0.6 is 11.8 Å². The lowest BCUT2D eigenvalue weighted by Gasteiger charge is -2.32. The predicted molar refractivity (Wildman–Crippen MR) is 142 cm³/mol. The van der Waals surface area contributed by atoms with Crippen LogP contribution in [0.5, 0.6) is 0 Å². The first-order valence-electron chi connectivity index (χ1n) is 12.7. The Morgan fingerprint density at radius 3 is 2.73 bits per heavy atom. The van der Waals surface area contributed by atoms with Gasteiger partial charge >= 0.3 is 18.0 Å². The molecule has 0 aliphatic carbocycles. The van der Waals surface area contributed by atoms with Gasteiger partial charge in [0.25, 0.3) is 0 Å². The van der Waals surface area contributed by atoms with Gasteiger partial charge in [0.1, 0.15) is 17.8 Å². The van der Waals surface area contributed by atoms with Gasteiger partial charge in [0.2, 0.25) is 0 Å². The number of cyclic esters (lactones) is 1.